The third kappa shape index (κ3) is 3.80. The maximum Gasteiger partial charge on any atom is 0.256 e. The Morgan fingerprint density at radius 1 is 1.27 bits per heavy atom. The molecular weight excluding hydrogens is 403 g/mol. The smallest absolute Gasteiger partial charge is 0.256 e. The van der Waals surface area contributed by atoms with Crippen LogP contribution in [0.15, 0.2) is 12.1 Å². The van der Waals surface area contributed by atoms with Crippen molar-refractivity contribution in [1.29, 1.82) is 5.26 Å². The molecule has 1 aromatic carbocycles. The van der Waals surface area contributed by atoms with Gasteiger partial charge in [0.2, 0.25) is 0 Å². The first-order valence-electron chi connectivity index (χ1n) is 11.2. The molecular formula is C24H30ClFN2O2. The normalized spacial score (nSPS) is 33.2. The van der Waals surface area contributed by atoms with E-state index < -0.39 is 11.2 Å². The highest BCUT2D eigenvalue weighted by molar-refractivity contribution is 6.32. The second-order valence-electron chi connectivity index (χ2n) is 9.71. The molecule has 1 saturated heterocycles. The molecule has 0 aromatic heterocycles. The Bertz CT molecular complexity index is 859. The molecule has 3 aliphatic rings. The van der Waals surface area contributed by atoms with Gasteiger partial charge in [-0.3, -0.25) is 4.79 Å². The summed E-state index contributed by atoms with van der Waals surface area (Å²) >= 11 is 6.38. The maximum absolute atomic E-state index is 14.8. The number of carbonyl (C=O) groups is 1. The third-order valence-corrected chi connectivity index (χ3v) is 7.95. The van der Waals surface area contributed by atoms with Gasteiger partial charge in [0.15, 0.2) is 0 Å². The lowest BCUT2D eigenvalue weighted by molar-refractivity contribution is -0.0283. The Hall–Kier alpha value is -1.80. The van der Waals surface area contributed by atoms with Gasteiger partial charge in [-0.15, -0.1) is 0 Å². The molecule has 1 heterocycles. The van der Waals surface area contributed by atoms with Crippen LogP contribution in [0.1, 0.15) is 62.7 Å². The standard InChI is InChI=1S/C24H30ClFN2O2/c1-15-7-17-9-16(2)24(13-27,18(8-15)10-17)14-30-22-12-21(26)19(11-20(22)25)23(29)28-5-3-4-6-28/h11-12,15-18H,3-10,14H2,1-2H3. The number of fused-ring (bicyclic) bond motifs is 2. The molecule has 162 valence electrons. The fourth-order valence-electron chi connectivity index (χ4n) is 6.06. The number of nitriles is 1. The van der Waals surface area contributed by atoms with Gasteiger partial charge in [0.1, 0.15) is 18.2 Å². The molecule has 0 radical (unpaired) electrons. The van der Waals surface area contributed by atoms with E-state index in [9.17, 15) is 14.4 Å². The molecule has 3 fully saturated rings. The van der Waals surface area contributed by atoms with Crippen molar-refractivity contribution in [2.75, 3.05) is 19.7 Å². The minimum atomic E-state index is -0.625. The van der Waals surface area contributed by atoms with Crippen LogP contribution in [-0.4, -0.2) is 30.5 Å². The summed E-state index contributed by atoms with van der Waals surface area (Å²) in [6, 6.07) is 5.17. The first kappa shape index (κ1) is 21.4. The largest absolute Gasteiger partial charge is 0.490 e. The highest BCUT2D eigenvalue weighted by Gasteiger charge is 2.52. The van der Waals surface area contributed by atoms with Crippen LogP contribution in [0.5, 0.6) is 5.75 Å². The monoisotopic (exact) mass is 432 g/mol. The molecule has 2 aliphatic carbocycles. The summed E-state index contributed by atoms with van der Waals surface area (Å²) in [7, 11) is 0. The molecule has 0 N–H and O–H groups in total. The number of likely N-dealkylation sites (tertiary alicyclic amines) is 1. The first-order chi connectivity index (χ1) is 14.3. The van der Waals surface area contributed by atoms with E-state index in [0.29, 0.717) is 30.8 Å². The van der Waals surface area contributed by atoms with Crippen molar-refractivity contribution in [3.63, 3.8) is 0 Å². The second-order valence-corrected chi connectivity index (χ2v) is 10.1. The highest BCUT2D eigenvalue weighted by Crippen LogP contribution is 2.54. The molecule has 0 spiro atoms. The van der Waals surface area contributed by atoms with Gasteiger partial charge in [-0.1, -0.05) is 25.4 Å². The third-order valence-electron chi connectivity index (χ3n) is 7.66. The SMILES string of the molecule is CC1CC2CC(C)C(C#N)(COc3cc(F)c(C(=O)N4CCCC4)cc3Cl)C(C1)C2. The predicted octanol–water partition coefficient (Wildman–Crippen LogP) is 5.70. The first-order valence-corrected chi connectivity index (χ1v) is 11.5. The molecule has 6 heteroatoms. The van der Waals surface area contributed by atoms with Crippen molar-refractivity contribution in [1.82, 2.24) is 4.90 Å². The average Bonchev–Trinajstić information content (AvgIpc) is 3.24. The second kappa shape index (κ2) is 8.38. The topological polar surface area (TPSA) is 53.3 Å². The molecule has 1 aromatic rings. The van der Waals surface area contributed by atoms with Crippen molar-refractivity contribution >= 4 is 17.5 Å². The van der Waals surface area contributed by atoms with Crippen molar-refractivity contribution in [2.24, 2.45) is 29.1 Å². The lowest BCUT2D eigenvalue weighted by Gasteiger charge is -2.50. The summed E-state index contributed by atoms with van der Waals surface area (Å²) in [4.78, 5) is 14.2. The molecule has 1 amide bonds. The molecule has 30 heavy (non-hydrogen) atoms. The van der Waals surface area contributed by atoms with Gasteiger partial charge in [-0.05, 0) is 68.3 Å². The molecule has 1 aliphatic heterocycles. The zero-order valence-corrected chi connectivity index (χ0v) is 18.6. The van der Waals surface area contributed by atoms with Crippen LogP contribution < -0.4 is 4.74 Å². The average molecular weight is 433 g/mol. The van der Waals surface area contributed by atoms with Crippen molar-refractivity contribution < 1.29 is 13.9 Å². The zero-order valence-electron chi connectivity index (χ0n) is 17.8. The minimum absolute atomic E-state index is 0.0146. The Kier molecular flexibility index (Phi) is 5.99. The maximum atomic E-state index is 14.8. The van der Waals surface area contributed by atoms with Gasteiger partial charge in [0, 0.05) is 19.2 Å². The fourth-order valence-corrected chi connectivity index (χ4v) is 6.27. The number of rotatable bonds is 4. The van der Waals surface area contributed by atoms with Crippen LogP contribution in [0.4, 0.5) is 4.39 Å². The molecule has 5 atom stereocenters. The van der Waals surface area contributed by atoms with Gasteiger partial charge >= 0.3 is 0 Å². The van der Waals surface area contributed by atoms with Crippen LogP contribution >= 0.6 is 11.6 Å². The van der Waals surface area contributed by atoms with E-state index in [1.165, 1.54) is 18.6 Å². The molecule has 2 bridgehead atoms. The van der Waals surface area contributed by atoms with Gasteiger partial charge in [0.05, 0.1) is 22.1 Å². The summed E-state index contributed by atoms with van der Waals surface area (Å²) < 4.78 is 20.7. The van der Waals surface area contributed by atoms with Crippen molar-refractivity contribution in [3.8, 4) is 11.8 Å². The predicted molar refractivity (Wildman–Crippen MR) is 114 cm³/mol. The lowest BCUT2D eigenvalue weighted by atomic mass is 9.53. The summed E-state index contributed by atoms with van der Waals surface area (Å²) in [6.45, 7) is 5.91. The van der Waals surface area contributed by atoms with Crippen LogP contribution in [0.3, 0.4) is 0 Å². The quantitative estimate of drug-likeness (QED) is 0.613. The van der Waals surface area contributed by atoms with Crippen LogP contribution in [0.25, 0.3) is 0 Å². The Labute approximate surface area is 183 Å². The van der Waals surface area contributed by atoms with Gasteiger partial charge in [-0.2, -0.15) is 5.26 Å². The lowest BCUT2D eigenvalue weighted by Crippen LogP contribution is -2.49. The van der Waals surface area contributed by atoms with E-state index in [0.717, 1.165) is 32.1 Å². The van der Waals surface area contributed by atoms with E-state index in [4.69, 9.17) is 16.3 Å². The van der Waals surface area contributed by atoms with Crippen LogP contribution in [-0.2, 0) is 0 Å². The summed E-state index contributed by atoms with van der Waals surface area (Å²) in [5.74, 6) is 1.08. The Morgan fingerprint density at radius 2 is 2.00 bits per heavy atom. The number of amides is 1. The van der Waals surface area contributed by atoms with Crippen LogP contribution in [0.2, 0.25) is 5.02 Å². The van der Waals surface area contributed by atoms with E-state index in [2.05, 4.69) is 19.9 Å². The number of carbonyl (C=O) groups excluding carboxylic acids is 1. The summed E-state index contributed by atoms with van der Waals surface area (Å²) in [5, 5.41) is 10.4. The number of hydrogen-bond donors (Lipinski definition) is 0. The van der Waals surface area contributed by atoms with Gasteiger partial charge in [0.25, 0.3) is 5.91 Å². The number of nitrogens with zero attached hydrogens (tertiary/aromatic N) is 2. The highest BCUT2D eigenvalue weighted by atomic mass is 35.5. The number of ether oxygens (including phenoxy) is 1. The van der Waals surface area contributed by atoms with E-state index >= 15 is 0 Å². The van der Waals surface area contributed by atoms with Gasteiger partial charge in [-0.25, -0.2) is 4.39 Å². The van der Waals surface area contributed by atoms with E-state index in [-0.39, 0.29) is 34.8 Å². The van der Waals surface area contributed by atoms with E-state index in [1.807, 2.05) is 0 Å². The van der Waals surface area contributed by atoms with Crippen molar-refractivity contribution in [2.45, 2.75) is 52.4 Å². The molecule has 2 saturated carbocycles. The molecule has 5 unspecified atom stereocenters. The van der Waals surface area contributed by atoms with Crippen molar-refractivity contribution in [3.05, 3.63) is 28.5 Å². The minimum Gasteiger partial charge on any atom is -0.490 e. The molecule has 4 nitrogen and oxygen atoms in total. The number of benzene rings is 1. The van der Waals surface area contributed by atoms with Crippen LogP contribution in [0, 0.1) is 46.2 Å². The Balaban J connectivity index is 1.53. The van der Waals surface area contributed by atoms with E-state index in [1.54, 1.807) is 4.90 Å². The summed E-state index contributed by atoms with van der Waals surface area (Å²) in [6.07, 6.45) is 6.25. The Morgan fingerprint density at radius 3 is 2.70 bits per heavy atom. The molecule has 4 rings (SSSR count). The fraction of sp³-hybridized carbons (Fsp3) is 0.667. The zero-order chi connectivity index (χ0) is 21.5. The van der Waals surface area contributed by atoms with Gasteiger partial charge < -0.3 is 9.64 Å². The summed E-state index contributed by atoms with van der Waals surface area (Å²) in [5.41, 5.74) is -0.603. The number of halogens is 2. The number of hydrogen-bond acceptors (Lipinski definition) is 3.